The Hall–Kier alpha value is -1.86. The van der Waals surface area contributed by atoms with Gasteiger partial charge in [-0.1, -0.05) is 0 Å². The van der Waals surface area contributed by atoms with E-state index in [1.165, 1.54) is 0 Å². The van der Waals surface area contributed by atoms with Gasteiger partial charge >= 0.3 is 12.2 Å². The van der Waals surface area contributed by atoms with Crippen molar-refractivity contribution in [3.63, 3.8) is 0 Å². The van der Waals surface area contributed by atoms with Crippen LogP contribution in [0.2, 0.25) is 0 Å². The Kier molecular flexibility index (Phi) is 3.26. The van der Waals surface area contributed by atoms with Crippen molar-refractivity contribution in [3.8, 4) is 6.01 Å². The summed E-state index contributed by atoms with van der Waals surface area (Å²) in [5.41, 5.74) is -2.61. The van der Waals surface area contributed by atoms with Crippen LogP contribution in [0, 0.1) is 11.8 Å². The molecule has 3 rings (SSSR count). The van der Waals surface area contributed by atoms with Gasteiger partial charge in [0.1, 0.15) is 6.10 Å². The number of hydrogen-bond acceptors (Lipinski definition) is 5. The van der Waals surface area contributed by atoms with E-state index >= 15 is 0 Å². The Morgan fingerprint density at radius 1 is 1.33 bits per heavy atom. The highest BCUT2D eigenvalue weighted by Gasteiger charge is 2.42. The molecule has 0 saturated heterocycles. The number of fused-ring (bicyclic) bond motifs is 2. The van der Waals surface area contributed by atoms with Crippen LogP contribution in [0.1, 0.15) is 41.7 Å². The second-order valence-electron chi connectivity index (χ2n) is 5.53. The molecule has 2 fully saturated rings. The minimum Gasteiger partial charge on any atom is -0.545 e. The molecule has 3 atom stereocenters. The van der Waals surface area contributed by atoms with Crippen molar-refractivity contribution in [2.75, 3.05) is 0 Å². The summed E-state index contributed by atoms with van der Waals surface area (Å²) in [5.74, 6) is -1.08. The highest BCUT2D eigenvalue weighted by atomic mass is 19.4. The summed E-state index contributed by atoms with van der Waals surface area (Å²) < 4.78 is 43.9. The van der Waals surface area contributed by atoms with Crippen LogP contribution in [0.25, 0.3) is 0 Å². The molecule has 0 amide bonds. The van der Waals surface area contributed by atoms with Crippen LogP contribution < -0.4 is 9.84 Å². The largest absolute Gasteiger partial charge is 0.545 e. The zero-order valence-corrected chi connectivity index (χ0v) is 10.9. The van der Waals surface area contributed by atoms with E-state index in [0.717, 1.165) is 25.7 Å². The lowest BCUT2D eigenvalue weighted by molar-refractivity contribution is -0.256. The molecule has 114 valence electrons. The molecule has 2 aliphatic rings. The second kappa shape index (κ2) is 4.85. The third-order valence-corrected chi connectivity index (χ3v) is 4.19. The van der Waals surface area contributed by atoms with Crippen molar-refractivity contribution in [3.05, 3.63) is 17.5 Å². The zero-order chi connectivity index (χ0) is 15.2. The summed E-state index contributed by atoms with van der Waals surface area (Å²) in [6.07, 6.45) is -0.551. The number of carboxylic acids is 1. The first kappa shape index (κ1) is 14.1. The van der Waals surface area contributed by atoms with Crippen molar-refractivity contribution >= 4 is 5.97 Å². The van der Waals surface area contributed by atoms with E-state index < -0.39 is 29.4 Å². The van der Waals surface area contributed by atoms with Crippen LogP contribution >= 0.6 is 0 Å². The molecule has 0 unspecified atom stereocenters. The Bertz CT molecular complexity index is 576. The molecule has 2 bridgehead atoms. The lowest BCUT2D eigenvalue weighted by Crippen LogP contribution is -2.29. The van der Waals surface area contributed by atoms with Crippen molar-refractivity contribution in [2.24, 2.45) is 11.8 Å². The average molecular weight is 301 g/mol. The number of carbonyl (C=O) groups is 1. The zero-order valence-electron chi connectivity index (χ0n) is 10.9. The van der Waals surface area contributed by atoms with E-state index in [2.05, 4.69) is 9.97 Å². The van der Waals surface area contributed by atoms with Gasteiger partial charge in [-0.05, 0) is 37.5 Å². The van der Waals surface area contributed by atoms with Gasteiger partial charge in [0, 0.05) is 11.8 Å². The summed E-state index contributed by atoms with van der Waals surface area (Å²) in [6.45, 7) is 0. The lowest BCUT2D eigenvalue weighted by atomic mass is 9.98. The summed E-state index contributed by atoms with van der Waals surface area (Å²) in [6, 6.07) is -0.426. The predicted molar refractivity (Wildman–Crippen MR) is 61.2 cm³/mol. The maximum atomic E-state index is 12.8. The van der Waals surface area contributed by atoms with E-state index in [1.54, 1.807) is 0 Å². The van der Waals surface area contributed by atoms with E-state index in [0.29, 0.717) is 18.0 Å². The second-order valence-corrected chi connectivity index (χ2v) is 5.53. The molecule has 1 aromatic rings. The monoisotopic (exact) mass is 301 g/mol. The number of hydrogen-bond donors (Lipinski definition) is 0. The number of aromatic nitrogens is 2. The van der Waals surface area contributed by atoms with Crippen molar-refractivity contribution in [1.82, 2.24) is 9.97 Å². The summed E-state index contributed by atoms with van der Waals surface area (Å²) in [7, 11) is 0. The topological polar surface area (TPSA) is 75.1 Å². The van der Waals surface area contributed by atoms with Crippen LogP contribution in [0.5, 0.6) is 6.01 Å². The molecule has 0 radical (unpaired) electrons. The van der Waals surface area contributed by atoms with Gasteiger partial charge in [-0.25, -0.2) is 4.98 Å². The van der Waals surface area contributed by atoms with E-state index in [1.807, 2.05) is 0 Å². The smallest absolute Gasteiger partial charge is 0.434 e. The van der Waals surface area contributed by atoms with Gasteiger partial charge in [0.15, 0.2) is 5.69 Å². The lowest BCUT2D eigenvalue weighted by Gasteiger charge is -2.22. The number of carbonyl (C=O) groups excluding carboxylic acids is 1. The molecule has 2 aliphatic carbocycles. The number of halogens is 3. The maximum absolute atomic E-state index is 12.8. The Morgan fingerprint density at radius 2 is 2.10 bits per heavy atom. The first-order valence-electron chi connectivity index (χ1n) is 6.67. The van der Waals surface area contributed by atoms with Gasteiger partial charge in [0.25, 0.3) is 0 Å². The third-order valence-electron chi connectivity index (χ3n) is 4.19. The molecule has 0 aromatic carbocycles. The van der Waals surface area contributed by atoms with Crippen molar-refractivity contribution in [2.45, 2.75) is 38.0 Å². The first-order chi connectivity index (χ1) is 9.84. The molecule has 8 heteroatoms. The molecule has 2 saturated carbocycles. The van der Waals surface area contributed by atoms with Gasteiger partial charge in [-0.2, -0.15) is 18.2 Å². The maximum Gasteiger partial charge on any atom is 0.434 e. The minimum atomic E-state index is -4.90. The molecular formula is C13H12F3N2O3-. The molecule has 1 heterocycles. The van der Waals surface area contributed by atoms with Gasteiger partial charge in [-0.15, -0.1) is 0 Å². The third kappa shape index (κ3) is 2.66. The minimum absolute atomic E-state index is 0.182. The fourth-order valence-corrected chi connectivity index (χ4v) is 3.25. The van der Waals surface area contributed by atoms with Gasteiger partial charge in [0.05, 0.1) is 5.97 Å². The Labute approximate surface area is 118 Å². The number of carboxylic acid groups (broad SMARTS) is 1. The highest BCUT2D eigenvalue weighted by Crippen LogP contribution is 2.45. The molecule has 0 N–H and O–H groups in total. The summed E-state index contributed by atoms with van der Waals surface area (Å²) in [5, 5.41) is 10.7. The van der Waals surface area contributed by atoms with E-state index in [4.69, 9.17) is 4.74 Å². The standard InChI is InChI=1S/C13H13F3N2O3/c14-13(15,16)10-8(11(19)20)5-17-12(18-10)21-9-4-6-1-2-7(9)3-6/h5-7,9H,1-4H2,(H,19,20)/p-1/t6-,7+,9+/m1/s1. The first-order valence-corrected chi connectivity index (χ1v) is 6.67. The number of ether oxygens (including phenoxy) is 1. The van der Waals surface area contributed by atoms with Crippen LogP contribution in [0.3, 0.4) is 0 Å². The summed E-state index contributed by atoms with van der Waals surface area (Å²) >= 11 is 0. The number of aromatic carboxylic acids is 1. The van der Waals surface area contributed by atoms with E-state index in [-0.39, 0.29) is 6.10 Å². The predicted octanol–water partition coefficient (Wildman–Crippen LogP) is 1.43. The molecule has 0 aliphatic heterocycles. The van der Waals surface area contributed by atoms with Crippen molar-refractivity contribution in [1.29, 1.82) is 0 Å². The van der Waals surface area contributed by atoms with Crippen LogP contribution in [-0.4, -0.2) is 22.0 Å². The summed E-state index contributed by atoms with van der Waals surface area (Å²) in [4.78, 5) is 17.5. The molecule has 1 aromatic heterocycles. The van der Waals surface area contributed by atoms with Crippen molar-refractivity contribution < 1.29 is 27.8 Å². The fourth-order valence-electron chi connectivity index (χ4n) is 3.25. The van der Waals surface area contributed by atoms with Gasteiger partial charge in [-0.3, -0.25) is 0 Å². The van der Waals surface area contributed by atoms with Crippen LogP contribution in [0.4, 0.5) is 13.2 Å². The molecule has 0 spiro atoms. The molecule has 21 heavy (non-hydrogen) atoms. The average Bonchev–Trinajstić information content (AvgIpc) is 2.99. The van der Waals surface area contributed by atoms with Crippen LogP contribution in [0.15, 0.2) is 6.20 Å². The SMILES string of the molecule is O=C([O-])c1cnc(O[C@H]2C[C@@H]3CC[C@H]2C3)nc1C(F)(F)F. The number of nitrogens with zero attached hydrogens (tertiary/aromatic N) is 2. The number of alkyl halides is 3. The highest BCUT2D eigenvalue weighted by molar-refractivity contribution is 5.86. The van der Waals surface area contributed by atoms with Gasteiger partial charge in [0.2, 0.25) is 0 Å². The number of rotatable bonds is 3. The van der Waals surface area contributed by atoms with E-state index in [9.17, 15) is 23.1 Å². The molecule has 5 nitrogen and oxygen atoms in total. The normalized spacial score (nSPS) is 27.9. The molecular weight excluding hydrogens is 289 g/mol. The van der Waals surface area contributed by atoms with Crippen LogP contribution in [-0.2, 0) is 6.18 Å². The Morgan fingerprint density at radius 3 is 2.62 bits per heavy atom. The fraction of sp³-hybridized carbons (Fsp3) is 0.615. The Balaban J connectivity index is 1.85. The van der Waals surface area contributed by atoms with Gasteiger partial charge < -0.3 is 14.6 Å². The quantitative estimate of drug-likeness (QED) is 0.844.